The van der Waals surface area contributed by atoms with Gasteiger partial charge in [-0.25, -0.2) is 14.5 Å². The molecule has 3 aromatic heterocycles. The van der Waals surface area contributed by atoms with Crippen molar-refractivity contribution in [1.29, 1.82) is 0 Å². The summed E-state index contributed by atoms with van der Waals surface area (Å²) in [6.45, 7) is 2.17. The van der Waals surface area contributed by atoms with Gasteiger partial charge in [-0.05, 0) is 47.2 Å². The van der Waals surface area contributed by atoms with Crippen LogP contribution >= 0.6 is 22.9 Å². The highest BCUT2D eigenvalue weighted by Crippen LogP contribution is 2.28. The largest absolute Gasteiger partial charge is 0.472 e. The summed E-state index contributed by atoms with van der Waals surface area (Å²) in [6.07, 6.45) is 1.79. The van der Waals surface area contributed by atoms with Crippen molar-refractivity contribution in [3.63, 3.8) is 0 Å². The lowest BCUT2D eigenvalue weighted by atomic mass is 10.1. The highest BCUT2D eigenvalue weighted by atomic mass is 35.5. The third-order valence-corrected chi connectivity index (χ3v) is 6.04. The van der Waals surface area contributed by atoms with E-state index in [1.54, 1.807) is 24.0 Å². The second-order valence-corrected chi connectivity index (χ2v) is 8.31. The van der Waals surface area contributed by atoms with Crippen LogP contribution in [0.25, 0.3) is 21.0 Å². The van der Waals surface area contributed by atoms with E-state index >= 15 is 0 Å². The van der Waals surface area contributed by atoms with E-state index in [1.165, 1.54) is 20.7 Å². The van der Waals surface area contributed by atoms with E-state index in [-0.39, 0.29) is 12.3 Å². The molecule has 11 heteroatoms. The fourth-order valence-corrected chi connectivity index (χ4v) is 4.34. The van der Waals surface area contributed by atoms with Gasteiger partial charge in [0.1, 0.15) is 6.61 Å². The van der Waals surface area contributed by atoms with E-state index in [0.29, 0.717) is 16.6 Å². The number of tetrazole rings is 1. The Balaban J connectivity index is 1.41. The molecule has 5 rings (SSSR count). The number of aryl methyl sites for hydroxylation is 2. The van der Waals surface area contributed by atoms with Gasteiger partial charge < -0.3 is 4.74 Å². The van der Waals surface area contributed by atoms with Crippen molar-refractivity contribution >= 4 is 33.2 Å². The molecule has 0 spiro atoms. The molecular formula is C20H16ClN7O2S. The number of rotatable bonds is 5. The molecule has 0 aliphatic rings. The number of aromatic nitrogens is 7. The molecule has 0 radical (unpaired) electrons. The third kappa shape index (κ3) is 3.60. The zero-order valence-corrected chi connectivity index (χ0v) is 18.1. The van der Waals surface area contributed by atoms with Crippen LogP contribution in [0.2, 0.25) is 5.02 Å². The summed E-state index contributed by atoms with van der Waals surface area (Å²) in [5, 5.41) is 13.6. The molecule has 0 fully saturated rings. The van der Waals surface area contributed by atoms with Crippen LogP contribution in [0.1, 0.15) is 11.1 Å². The van der Waals surface area contributed by atoms with Crippen LogP contribution in [-0.4, -0.2) is 34.6 Å². The number of thiazole rings is 1. The summed E-state index contributed by atoms with van der Waals surface area (Å²) in [6, 6.07) is 13.0. The first-order valence-electron chi connectivity index (χ1n) is 9.32. The van der Waals surface area contributed by atoms with Crippen molar-refractivity contribution in [2.45, 2.75) is 13.5 Å². The fourth-order valence-electron chi connectivity index (χ4n) is 3.16. The van der Waals surface area contributed by atoms with Gasteiger partial charge in [-0.3, -0.25) is 0 Å². The summed E-state index contributed by atoms with van der Waals surface area (Å²) in [5.41, 5.74) is 2.96. The molecule has 5 aromatic rings. The Bertz CT molecular complexity index is 1470. The molecule has 0 saturated heterocycles. The van der Waals surface area contributed by atoms with E-state index < -0.39 is 0 Å². The highest BCUT2D eigenvalue weighted by molar-refractivity contribution is 7.20. The molecule has 0 aliphatic carbocycles. The topological polar surface area (TPSA) is 92.7 Å². The number of ether oxygens (including phenoxy) is 1. The van der Waals surface area contributed by atoms with E-state index in [4.69, 9.17) is 16.3 Å². The van der Waals surface area contributed by atoms with Gasteiger partial charge in [0, 0.05) is 29.9 Å². The van der Waals surface area contributed by atoms with E-state index in [2.05, 4.69) is 20.5 Å². The summed E-state index contributed by atoms with van der Waals surface area (Å²) in [4.78, 5) is 16.9. The van der Waals surface area contributed by atoms with Crippen LogP contribution in [0, 0.1) is 6.92 Å². The molecule has 156 valence electrons. The SMILES string of the molecule is Cc1cccc(-n2nnn(C)c2=O)c1COc1ccn(-c2nc3ccc(Cl)cc3s2)n1. The third-order valence-electron chi connectivity index (χ3n) is 4.80. The van der Waals surface area contributed by atoms with Gasteiger partial charge in [0.15, 0.2) is 0 Å². The molecule has 0 saturated carbocycles. The van der Waals surface area contributed by atoms with Gasteiger partial charge in [0.2, 0.25) is 11.0 Å². The Hall–Kier alpha value is -3.50. The average molecular weight is 454 g/mol. The average Bonchev–Trinajstić information content (AvgIpc) is 3.46. The van der Waals surface area contributed by atoms with Gasteiger partial charge in [0.25, 0.3) is 0 Å². The van der Waals surface area contributed by atoms with Crippen LogP contribution in [0.15, 0.2) is 53.5 Å². The lowest BCUT2D eigenvalue weighted by Crippen LogP contribution is -2.23. The number of hydrogen-bond acceptors (Lipinski definition) is 7. The van der Waals surface area contributed by atoms with Gasteiger partial charge in [-0.2, -0.15) is 9.36 Å². The Labute approximate surface area is 185 Å². The van der Waals surface area contributed by atoms with Crippen molar-refractivity contribution in [1.82, 2.24) is 34.6 Å². The predicted molar refractivity (Wildman–Crippen MR) is 117 cm³/mol. The first kappa shape index (κ1) is 19.5. The van der Waals surface area contributed by atoms with Gasteiger partial charge in [0.05, 0.1) is 15.9 Å². The maximum absolute atomic E-state index is 12.3. The van der Waals surface area contributed by atoms with Crippen LogP contribution in [0.5, 0.6) is 5.88 Å². The normalized spacial score (nSPS) is 11.3. The number of hydrogen-bond donors (Lipinski definition) is 0. The number of benzene rings is 2. The zero-order valence-electron chi connectivity index (χ0n) is 16.6. The monoisotopic (exact) mass is 453 g/mol. The number of halogens is 1. The van der Waals surface area contributed by atoms with Crippen molar-refractivity contribution in [2.75, 3.05) is 0 Å². The second-order valence-electron chi connectivity index (χ2n) is 6.87. The summed E-state index contributed by atoms with van der Waals surface area (Å²) in [5.74, 6) is 0.443. The minimum absolute atomic E-state index is 0.220. The summed E-state index contributed by atoms with van der Waals surface area (Å²) >= 11 is 7.56. The Morgan fingerprint density at radius 1 is 1.16 bits per heavy atom. The van der Waals surface area contributed by atoms with E-state index in [0.717, 1.165) is 26.5 Å². The minimum Gasteiger partial charge on any atom is -0.472 e. The quantitative estimate of drug-likeness (QED) is 0.405. The highest BCUT2D eigenvalue weighted by Gasteiger charge is 2.15. The molecule has 2 aromatic carbocycles. The smallest absolute Gasteiger partial charge is 0.368 e. The van der Waals surface area contributed by atoms with Gasteiger partial charge in [-0.1, -0.05) is 35.1 Å². The van der Waals surface area contributed by atoms with Gasteiger partial charge >= 0.3 is 5.69 Å². The summed E-state index contributed by atoms with van der Waals surface area (Å²) in [7, 11) is 1.56. The Morgan fingerprint density at radius 3 is 2.84 bits per heavy atom. The summed E-state index contributed by atoms with van der Waals surface area (Å²) < 4.78 is 11.0. The minimum atomic E-state index is -0.327. The predicted octanol–water partition coefficient (Wildman–Crippen LogP) is 3.30. The maximum atomic E-state index is 12.3. The van der Waals surface area contributed by atoms with Crippen LogP contribution < -0.4 is 10.4 Å². The van der Waals surface area contributed by atoms with Crippen LogP contribution in [-0.2, 0) is 13.7 Å². The van der Waals surface area contributed by atoms with E-state index in [9.17, 15) is 4.79 Å². The fraction of sp³-hybridized carbons (Fsp3) is 0.150. The first-order valence-corrected chi connectivity index (χ1v) is 10.5. The number of fused-ring (bicyclic) bond motifs is 1. The molecule has 9 nitrogen and oxygen atoms in total. The molecule has 0 aliphatic heterocycles. The van der Waals surface area contributed by atoms with Crippen molar-refractivity contribution in [3.05, 3.63) is 75.3 Å². The molecule has 0 unspecified atom stereocenters. The molecule has 31 heavy (non-hydrogen) atoms. The zero-order chi connectivity index (χ0) is 21.5. The van der Waals surface area contributed by atoms with Crippen molar-refractivity contribution in [2.24, 2.45) is 7.05 Å². The van der Waals surface area contributed by atoms with Crippen LogP contribution in [0.4, 0.5) is 0 Å². The maximum Gasteiger partial charge on any atom is 0.368 e. The van der Waals surface area contributed by atoms with Crippen molar-refractivity contribution < 1.29 is 4.74 Å². The Morgan fingerprint density at radius 2 is 2.03 bits per heavy atom. The van der Waals surface area contributed by atoms with Crippen LogP contribution in [0.3, 0.4) is 0 Å². The standard InChI is InChI=1S/C20H16ClN7O2S/c1-12-4-3-5-16(28-20(29)26(2)24-25-28)14(12)11-30-18-8-9-27(23-18)19-22-15-7-6-13(21)10-17(15)31-19/h3-10H,11H2,1-2H3. The second kappa shape index (κ2) is 7.64. The molecule has 0 atom stereocenters. The molecule has 3 heterocycles. The Kier molecular flexibility index (Phi) is 4.79. The molecule has 0 N–H and O–H groups in total. The molecule has 0 amide bonds. The lowest BCUT2D eigenvalue weighted by Gasteiger charge is -2.11. The van der Waals surface area contributed by atoms with E-state index in [1.807, 2.05) is 43.3 Å². The lowest BCUT2D eigenvalue weighted by molar-refractivity contribution is 0.290. The molecule has 0 bridgehead atoms. The van der Waals surface area contributed by atoms with Crippen molar-refractivity contribution in [3.8, 4) is 16.7 Å². The molecular weight excluding hydrogens is 438 g/mol. The van der Waals surface area contributed by atoms with Gasteiger partial charge in [-0.15, -0.1) is 5.10 Å². The number of nitrogens with zero attached hydrogens (tertiary/aromatic N) is 7. The first-order chi connectivity index (χ1) is 15.0.